The van der Waals surface area contributed by atoms with E-state index in [9.17, 15) is 4.79 Å². The van der Waals surface area contributed by atoms with Crippen molar-refractivity contribution in [2.24, 2.45) is 5.41 Å². The fourth-order valence-corrected chi connectivity index (χ4v) is 1.80. The van der Waals surface area contributed by atoms with Gasteiger partial charge in [-0.3, -0.25) is 10.1 Å². The van der Waals surface area contributed by atoms with E-state index >= 15 is 0 Å². The molecular weight excluding hydrogens is 192 g/mol. The van der Waals surface area contributed by atoms with Gasteiger partial charge in [0.2, 0.25) is 11.9 Å². The molecule has 0 radical (unpaired) electrons. The lowest BCUT2D eigenvalue weighted by Crippen LogP contribution is -2.43. The Morgan fingerprint density at radius 2 is 2.27 bits per heavy atom. The highest BCUT2D eigenvalue weighted by molar-refractivity contribution is 5.93. The average molecular weight is 208 g/mol. The molecule has 1 aromatic rings. The van der Waals surface area contributed by atoms with Crippen molar-refractivity contribution in [2.75, 3.05) is 18.4 Å². The zero-order valence-corrected chi connectivity index (χ0v) is 8.84. The fourth-order valence-electron chi connectivity index (χ4n) is 1.80. The lowest BCUT2D eigenvalue weighted by molar-refractivity contribution is -0.126. The van der Waals surface area contributed by atoms with Gasteiger partial charge in [-0.05, 0) is 25.9 Å². The largest absolute Gasteiger partial charge is 0.331 e. The third-order valence-corrected chi connectivity index (χ3v) is 2.99. The molecule has 0 saturated carbocycles. The number of piperidine rings is 1. The number of hydrogen-bond acceptors (Lipinski definition) is 3. The molecule has 3 N–H and O–H groups in total. The maximum absolute atomic E-state index is 12.0. The van der Waals surface area contributed by atoms with Crippen LogP contribution < -0.4 is 10.6 Å². The first-order valence-corrected chi connectivity index (χ1v) is 5.22. The SMILES string of the molecule is CC1(C(=O)Nc2ncc[nH]2)CCNCC1. The standard InChI is InChI=1S/C10H16N4O/c1-10(2-4-11-5-3-10)8(15)14-9-12-6-7-13-9/h6-7,11H,2-5H2,1H3,(H2,12,13,14,15). The summed E-state index contributed by atoms with van der Waals surface area (Å²) < 4.78 is 0. The van der Waals surface area contributed by atoms with Crippen LogP contribution in [0.3, 0.4) is 0 Å². The zero-order chi connectivity index (χ0) is 10.7. The molecule has 0 atom stereocenters. The van der Waals surface area contributed by atoms with E-state index in [4.69, 9.17) is 0 Å². The first-order chi connectivity index (χ1) is 7.21. The van der Waals surface area contributed by atoms with Crippen LogP contribution in [-0.2, 0) is 4.79 Å². The summed E-state index contributed by atoms with van der Waals surface area (Å²) in [4.78, 5) is 18.8. The highest BCUT2D eigenvalue weighted by Crippen LogP contribution is 2.28. The predicted molar refractivity (Wildman–Crippen MR) is 57.4 cm³/mol. The van der Waals surface area contributed by atoms with Gasteiger partial charge < -0.3 is 10.3 Å². The van der Waals surface area contributed by atoms with Crippen LogP contribution in [0.25, 0.3) is 0 Å². The molecule has 1 amide bonds. The summed E-state index contributed by atoms with van der Waals surface area (Å²) in [7, 11) is 0. The highest BCUT2D eigenvalue weighted by Gasteiger charge is 2.34. The number of rotatable bonds is 2. The van der Waals surface area contributed by atoms with Gasteiger partial charge in [-0.25, -0.2) is 4.98 Å². The van der Waals surface area contributed by atoms with Gasteiger partial charge in [0.1, 0.15) is 0 Å². The van der Waals surface area contributed by atoms with Crippen molar-refractivity contribution >= 4 is 11.9 Å². The van der Waals surface area contributed by atoms with Crippen LogP contribution in [0.2, 0.25) is 0 Å². The monoisotopic (exact) mass is 208 g/mol. The van der Waals surface area contributed by atoms with E-state index in [2.05, 4.69) is 20.6 Å². The number of aromatic nitrogens is 2. The Balaban J connectivity index is 2.00. The van der Waals surface area contributed by atoms with E-state index in [1.54, 1.807) is 12.4 Å². The third kappa shape index (κ3) is 2.18. The van der Waals surface area contributed by atoms with E-state index < -0.39 is 0 Å². The summed E-state index contributed by atoms with van der Waals surface area (Å²) in [6, 6.07) is 0. The Kier molecular flexibility index (Phi) is 2.73. The van der Waals surface area contributed by atoms with Crippen LogP contribution in [0.1, 0.15) is 19.8 Å². The molecule has 0 spiro atoms. The van der Waals surface area contributed by atoms with Crippen molar-refractivity contribution in [3.8, 4) is 0 Å². The van der Waals surface area contributed by atoms with Crippen molar-refractivity contribution < 1.29 is 4.79 Å². The molecule has 1 fully saturated rings. The predicted octanol–water partition coefficient (Wildman–Crippen LogP) is 0.738. The molecule has 0 bridgehead atoms. The summed E-state index contributed by atoms with van der Waals surface area (Å²) in [6.45, 7) is 3.82. The number of carbonyl (C=O) groups excluding carboxylic acids is 1. The average Bonchev–Trinajstić information content (AvgIpc) is 2.71. The molecule has 0 aliphatic carbocycles. The maximum atomic E-state index is 12.0. The van der Waals surface area contributed by atoms with Gasteiger partial charge in [-0.15, -0.1) is 0 Å². The molecule has 1 aliphatic rings. The quantitative estimate of drug-likeness (QED) is 0.671. The molecule has 15 heavy (non-hydrogen) atoms. The Labute approximate surface area is 88.7 Å². The summed E-state index contributed by atoms with van der Waals surface area (Å²) in [5.41, 5.74) is -0.266. The number of nitrogens with one attached hydrogen (secondary N) is 3. The van der Waals surface area contributed by atoms with Crippen molar-refractivity contribution in [3.63, 3.8) is 0 Å². The number of aromatic amines is 1. The lowest BCUT2D eigenvalue weighted by atomic mass is 9.80. The van der Waals surface area contributed by atoms with E-state index in [-0.39, 0.29) is 11.3 Å². The molecule has 5 heteroatoms. The van der Waals surface area contributed by atoms with Gasteiger partial charge in [0.15, 0.2) is 0 Å². The van der Waals surface area contributed by atoms with Gasteiger partial charge in [0, 0.05) is 17.8 Å². The maximum Gasteiger partial charge on any atom is 0.232 e. The highest BCUT2D eigenvalue weighted by atomic mass is 16.2. The minimum absolute atomic E-state index is 0.0546. The summed E-state index contributed by atoms with van der Waals surface area (Å²) >= 11 is 0. The lowest BCUT2D eigenvalue weighted by Gasteiger charge is -2.32. The first kappa shape index (κ1) is 10.2. The number of imidazole rings is 1. The van der Waals surface area contributed by atoms with E-state index in [0.717, 1.165) is 25.9 Å². The summed E-state index contributed by atoms with van der Waals surface area (Å²) in [6.07, 6.45) is 5.07. The van der Waals surface area contributed by atoms with Crippen LogP contribution in [0.5, 0.6) is 0 Å². The molecule has 2 heterocycles. The molecule has 1 aromatic heterocycles. The van der Waals surface area contributed by atoms with Gasteiger partial charge in [0.05, 0.1) is 0 Å². The van der Waals surface area contributed by atoms with E-state index in [0.29, 0.717) is 5.95 Å². The fraction of sp³-hybridized carbons (Fsp3) is 0.600. The Bertz CT molecular complexity index is 327. The normalized spacial score (nSPS) is 19.8. The number of anilines is 1. The van der Waals surface area contributed by atoms with E-state index in [1.807, 2.05) is 6.92 Å². The van der Waals surface area contributed by atoms with Crippen molar-refractivity contribution in [1.82, 2.24) is 15.3 Å². The van der Waals surface area contributed by atoms with Crippen LogP contribution in [0, 0.1) is 5.41 Å². The molecule has 1 saturated heterocycles. The minimum atomic E-state index is -0.266. The number of H-pyrrole nitrogens is 1. The second-order valence-electron chi connectivity index (χ2n) is 4.20. The molecular formula is C10H16N4O. The van der Waals surface area contributed by atoms with Gasteiger partial charge in [0.25, 0.3) is 0 Å². The van der Waals surface area contributed by atoms with E-state index in [1.165, 1.54) is 0 Å². The smallest absolute Gasteiger partial charge is 0.232 e. The summed E-state index contributed by atoms with van der Waals surface area (Å²) in [5.74, 6) is 0.582. The van der Waals surface area contributed by atoms with Gasteiger partial charge in [-0.2, -0.15) is 0 Å². The summed E-state index contributed by atoms with van der Waals surface area (Å²) in [5, 5.41) is 6.05. The van der Waals surface area contributed by atoms with Crippen molar-refractivity contribution in [3.05, 3.63) is 12.4 Å². The molecule has 5 nitrogen and oxygen atoms in total. The number of nitrogens with zero attached hydrogens (tertiary/aromatic N) is 1. The van der Waals surface area contributed by atoms with Crippen LogP contribution in [0.15, 0.2) is 12.4 Å². The van der Waals surface area contributed by atoms with Crippen molar-refractivity contribution in [1.29, 1.82) is 0 Å². The van der Waals surface area contributed by atoms with Crippen LogP contribution in [0.4, 0.5) is 5.95 Å². The van der Waals surface area contributed by atoms with Crippen LogP contribution in [-0.4, -0.2) is 29.0 Å². The Morgan fingerprint density at radius 1 is 1.53 bits per heavy atom. The van der Waals surface area contributed by atoms with Crippen LogP contribution >= 0.6 is 0 Å². The topological polar surface area (TPSA) is 69.8 Å². The zero-order valence-electron chi connectivity index (χ0n) is 8.84. The minimum Gasteiger partial charge on any atom is -0.331 e. The molecule has 0 aromatic carbocycles. The molecule has 2 rings (SSSR count). The van der Waals surface area contributed by atoms with Gasteiger partial charge in [-0.1, -0.05) is 6.92 Å². The van der Waals surface area contributed by atoms with Gasteiger partial charge >= 0.3 is 0 Å². The Hall–Kier alpha value is -1.36. The third-order valence-electron chi connectivity index (χ3n) is 2.99. The molecule has 0 unspecified atom stereocenters. The molecule has 82 valence electrons. The first-order valence-electron chi connectivity index (χ1n) is 5.22. The second-order valence-corrected chi connectivity index (χ2v) is 4.20. The number of carbonyl (C=O) groups is 1. The Morgan fingerprint density at radius 3 is 2.87 bits per heavy atom. The number of hydrogen-bond donors (Lipinski definition) is 3. The number of amides is 1. The molecule has 1 aliphatic heterocycles. The van der Waals surface area contributed by atoms with Crippen molar-refractivity contribution in [2.45, 2.75) is 19.8 Å². The second kappa shape index (κ2) is 4.02.